The maximum Gasteiger partial charge on any atom is 0.343 e. The predicted molar refractivity (Wildman–Crippen MR) is 112 cm³/mol. The molecule has 2 rings (SSSR count). The van der Waals surface area contributed by atoms with Gasteiger partial charge in [0.05, 0.1) is 18.8 Å². The molecule has 0 radical (unpaired) electrons. The molecule has 0 saturated carbocycles. The van der Waals surface area contributed by atoms with E-state index in [0.29, 0.717) is 24.5 Å². The van der Waals surface area contributed by atoms with Gasteiger partial charge in [-0.3, -0.25) is 0 Å². The lowest BCUT2D eigenvalue weighted by Crippen LogP contribution is -2.09. The number of hydrogen-bond acceptors (Lipinski definition) is 4. The van der Waals surface area contributed by atoms with Crippen LogP contribution in [0.3, 0.4) is 0 Å². The van der Waals surface area contributed by atoms with Crippen LogP contribution in [0, 0.1) is 5.82 Å². The van der Waals surface area contributed by atoms with Crippen molar-refractivity contribution in [2.75, 3.05) is 13.2 Å². The SMILES string of the molecule is CCCCCCCOc1ccc(OC(=O)c2ccc(OCCCC)cc2)cc1F. The maximum absolute atomic E-state index is 14.2. The summed E-state index contributed by atoms with van der Waals surface area (Å²) >= 11 is 0. The van der Waals surface area contributed by atoms with Gasteiger partial charge in [0.2, 0.25) is 0 Å². The lowest BCUT2D eigenvalue weighted by molar-refractivity contribution is 0.0734. The fourth-order valence-corrected chi connectivity index (χ4v) is 2.74. The van der Waals surface area contributed by atoms with Gasteiger partial charge in [-0.1, -0.05) is 46.0 Å². The largest absolute Gasteiger partial charge is 0.494 e. The van der Waals surface area contributed by atoms with Gasteiger partial charge in [0.15, 0.2) is 11.6 Å². The van der Waals surface area contributed by atoms with Crippen molar-refractivity contribution in [2.45, 2.75) is 58.8 Å². The fourth-order valence-electron chi connectivity index (χ4n) is 2.74. The molecule has 158 valence electrons. The van der Waals surface area contributed by atoms with Gasteiger partial charge in [0, 0.05) is 6.07 Å². The Balaban J connectivity index is 1.83. The Bertz CT molecular complexity index is 743. The molecule has 4 nitrogen and oxygen atoms in total. The van der Waals surface area contributed by atoms with E-state index < -0.39 is 11.8 Å². The summed E-state index contributed by atoms with van der Waals surface area (Å²) < 4.78 is 30.5. The van der Waals surface area contributed by atoms with Gasteiger partial charge in [-0.15, -0.1) is 0 Å². The van der Waals surface area contributed by atoms with Crippen LogP contribution in [0.15, 0.2) is 42.5 Å². The number of esters is 1. The van der Waals surface area contributed by atoms with Gasteiger partial charge >= 0.3 is 5.97 Å². The highest BCUT2D eigenvalue weighted by Crippen LogP contribution is 2.24. The van der Waals surface area contributed by atoms with E-state index in [1.165, 1.54) is 37.5 Å². The van der Waals surface area contributed by atoms with Crippen LogP contribution in [0.4, 0.5) is 4.39 Å². The van der Waals surface area contributed by atoms with E-state index >= 15 is 0 Å². The van der Waals surface area contributed by atoms with Crippen LogP contribution in [0.5, 0.6) is 17.2 Å². The van der Waals surface area contributed by atoms with Crippen LogP contribution in [0.25, 0.3) is 0 Å². The molecule has 0 amide bonds. The van der Waals surface area contributed by atoms with Crippen molar-refractivity contribution >= 4 is 5.97 Å². The molecule has 0 bridgehead atoms. The number of carbonyl (C=O) groups is 1. The molecule has 2 aromatic carbocycles. The first-order valence-corrected chi connectivity index (χ1v) is 10.5. The quantitative estimate of drug-likeness (QED) is 0.216. The molecule has 0 aromatic heterocycles. The Kier molecular flexibility index (Phi) is 10.0. The van der Waals surface area contributed by atoms with Crippen LogP contribution >= 0.6 is 0 Å². The van der Waals surface area contributed by atoms with Crippen molar-refractivity contribution in [1.82, 2.24) is 0 Å². The van der Waals surface area contributed by atoms with E-state index in [-0.39, 0.29) is 11.5 Å². The molecule has 0 aliphatic rings. The van der Waals surface area contributed by atoms with E-state index in [1.54, 1.807) is 24.3 Å². The number of ether oxygens (including phenoxy) is 3. The van der Waals surface area contributed by atoms with Crippen molar-refractivity contribution in [3.05, 3.63) is 53.8 Å². The first-order chi connectivity index (χ1) is 14.1. The fraction of sp³-hybridized carbons (Fsp3) is 0.458. The number of rotatable bonds is 13. The zero-order chi connectivity index (χ0) is 20.9. The van der Waals surface area contributed by atoms with Crippen LogP contribution < -0.4 is 14.2 Å². The van der Waals surface area contributed by atoms with Gasteiger partial charge in [0.1, 0.15) is 11.5 Å². The summed E-state index contributed by atoms with van der Waals surface area (Å²) in [5, 5.41) is 0. The number of benzene rings is 2. The molecular weight excluding hydrogens is 371 g/mol. The number of unbranched alkanes of at least 4 members (excludes halogenated alkanes) is 5. The third-order valence-corrected chi connectivity index (χ3v) is 4.48. The lowest BCUT2D eigenvalue weighted by atomic mass is 10.2. The van der Waals surface area contributed by atoms with Crippen LogP contribution in [-0.2, 0) is 0 Å². The third kappa shape index (κ3) is 8.14. The van der Waals surface area contributed by atoms with Crippen molar-refractivity contribution in [2.24, 2.45) is 0 Å². The molecule has 29 heavy (non-hydrogen) atoms. The van der Waals surface area contributed by atoms with Gasteiger partial charge in [-0.2, -0.15) is 0 Å². The molecule has 0 unspecified atom stereocenters. The highest BCUT2D eigenvalue weighted by Gasteiger charge is 2.12. The average Bonchev–Trinajstić information content (AvgIpc) is 2.72. The second kappa shape index (κ2) is 12.8. The van der Waals surface area contributed by atoms with Crippen molar-refractivity contribution in [1.29, 1.82) is 0 Å². The molecular formula is C24H31FO4. The summed E-state index contributed by atoms with van der Waals surface area (Å²) in [7, 11) is 0. The Labute approximate surface area is 173 Å². The lowest BCUT2D eigenvalue weighted by Gasteiger charge is -2.10. The molecule has 5 heteroatoms. The van der Waals surface area contributed by atoms with Crippen LogP contribution in [-0.4, -0.2) is 19.2 Å². The molecule has 0 spiro atoms. The summed E-state index contributed by atoms with van der Waals surface area (Å²) in [5.74, 6) is -0.0604. The standard InChI is InChI=1S/C24H31FO4/c1-3-5-7-8-9-17-28-23-15-14-21(18-22(23)25)29-24(26)19-10-12-20(13-11-19)27-16-6-4-2/h10-15,18H,3-9,16-17H2,1-2H3. The number of halogens is 1. The van der Waals surface area contributed by atoms with Crippen molar-refractivity contribution in [3.63, 3.8) is 0 Å². The Morgan fingerprint density at radius 2 is 1.45 bits per heavy atom. The van der Waals surface area contributed by atoms with E-state index in [4.69, 9.17) is 14.2 Å². The van der Waals surface area contributed by atoms with Crippen LogP contribution in [0.2, 0.25) is 0 Å². The first kappa shape index (κ1) is 22.7. The number of carbonyl (C=O) groups excluding carboxylic acids is 1. The minimum absolute atomic E-state index is 0.145. The molecule has 0 N–H and O–H groups in total. The maximum atomic E-state index is 14.2. The molecule has 0 atom stereocenters. The zero-order valence-corrected chi connectivity index (χ0v) is 17.4. The minimum Gasteiger partial charge on any atom is -0.494 e. The summed E-state index contributed by atoms with van der Waals surface area (Å²) in [6, 6.07) is 10.9. The highest BCUT2D eigenvalue weighted by molar-refractivity contribution is 5.91. The number of hydrogen-bond donors (Lipinski definition) is 0. The molecule has 0 aliphatic heterocycles. The Morgan fingerprint density at radius 3 is 2.14 bits per heavy atom. The minimum atomic E-state index is -0.547. The van der Waals surface area contributed by atoms with Gasteiger partial charge in [-0.05, 0) is 49.2 Å². The Morgan fingerprint density at radius 1 is 0.793 bits per heavy atom. The third-order valence-electron chi connectivity index (χ3n) is 4.48. The van der Waals surface area contributed by atoms with Gasteiger partial charge < -0.3 is 14.2 Å². The van der Waals surface area contributed by atoms with E-state index in [9.17, 15) is 9.18 Å². The summed E-state index contributed by atoms with van der Waals surface area (Å²) in [4.78, 5) is 12.3. The van der Waals surface area contributed by atoms with E-state index in [2.05, 4.69) is 13.8 Å². The predicted octanol–water partition coefficient (Wildman–Crippen LogP) is 6.57. The topological polar surface area (TPSA) is 44.8 Å². The average molecular weight is 403 g/mol. The van der Waals surface area contributed by atoms with Crippen molar-refractivity contribution < 1.29 is 23.4 Å². The summed E-state index contributed by atoms with van der Waals surface area (Å²) in [5.41, 5.74) is 0.376. The molecule has 2 aromatic rings. The van der Waals surface area contributed by atoms with E-state index in [1.807, 2.05) is 0 Å². The Hall–Kier alpha value is -2.56. The van der Waals surface area contributed by atoms with Gasteiger partial charge in [-0.25, -0.2) is 9.18 Å². The monoisotopic (exact) mass is 402 g/mol. The van der Waals surface area contributed by atoms with Crippen molar-refractivity contribution in [3.8, 4) is 17.2 Å². The summed E-state index contributed by atoms with van der Waals surface area (Å²) in [6.45, 7) is 5.39. The molecule has 0 heterocycles. The van der Waals surface area contributed by atoms with Crippen LogP contribution in [0.1, 0.15) is 69.2 Å². The highest BCUT2D eigenvalue weighted by atomic mass is 19.1. The molecule has 0 saturated heterocycles. The smallest absolute Gasteiger partial charge is 0.343 e. The zero-order valence-electron chi connectivity index (χ0n) is 17.4. The normalized spacial score (nSPS) is 10.6. The first-order valence-electron chi connectivity index (χ1n) is 10.5. The van der Waals surface area contributed by atoms with Gasteiger partial charge in [0.25, 0.3) is 0 Å². The van der Waals surface area contributed by atoms with E-state index in [0.717, 1.165) is 25.7 Å². The second-order valence-electron chi connectivity index (χ2n) is 6.97. The molecule has 0 fully saturated rings. The second-order valence-corrected chi connectivity index (χ2v) is 6.97. The molecule has 0 aliphatic carbocycles. The summed E-state index contributed by atoms with van der Waals surface area (Å²) in [6.07, 6.45) is 7.58.